The van der Waals surface area contributed by atoms with Crippen molar-refractivity contribution in [1.29, 1.82) is 0 Å². The Balaban J connectivity index is 1.45. The standard InChI is InChI=1S/C22H28FN3OS/c1-2-28-21-10-4-18(5-11-21)16-25-12-3-13-26(15-14-25)17-22(27)24-20-8-6-19(23)7-9-20/h4-11H,2-3,12-17H2,1H3,(H,24,27). The zero-order valence-electron chi connectivity index (χ0n) is 16.4. The molecule has 1 amide bonds. The lowest BCUT2D eigenvalue weighted by molar-refractivity contribution is -0.117. The SMILES string of the molecule is CCSc1ccc(CN2CCCN(CC(=O)Nc3ccc(F)cc3)CC2)cc1. The maximum atomic E-state index is 13.0. The Kier molecular flexibility index (Phi) is 7.89. The summed E-state index contributed by atoms with van der Waals surface area (Å²) in [5, 5.41) is 2.84. The van der Waals surface area contributed by atoms with Crippen LogP contribution < -0.4 is 5.32 Å². The minimum absolute atomic E-state index is 0.0518. The molecule has 2 aromatic rings. The lowest BCUT2D eigenvalue weighted by atomic mass is 10.2. The van der Waals surface area contributed by atoms with Crippen LogP contribution in [0.5, 0.6) is 0 Å². The quantitative estimate of drug-likeness (QED) is 0.709. The van der Waals surface area contributed by atoms with Crippen LogP contribution in [0.2, 0.25) is 0 Å². The molecule has 0 saturated carbocycles. The first-order valence-electron chi connectivity index (χ1n) is 9.84. The molecule has 2 aromatic carbocycles. The van der Waals surface area contributed by atoms with E-state index in [1.165, 1.54) is 22.6 Å². The second kappa shape index (κ2) is 10.6. The number of amides is 1. The third-order valence-electron chi connectivity index (χ3n) is 4.82. The van der Waals surface area contributed by atoms with Crippen LogP contribution >= 0.6 is 11.8 Å². The van der Waals surface area contributed by atoms with Gasteiger partial charge >= 0.3 is 0 Å². The van der Waals surface area contributed by atoms with E-state index in [0.29, 0.717) is 12.2 Å². The van der Waals surface area contributed by atoms with Crippen LogP contribution in [0, 0.1) is 5.82 Å². The smallest absolute Gasteiger partial charge is 0.238 e. The van der Waals surface area contributed by atoms with Crippen molar-refractivity contribution < 1.29 is 9.18 Å². The lowest BCUT2D eigenvalue weighted by Crippen LogP contribution is -2.36. The van der Waals surface area contributed by atoms with Crippen LogP contribution in [0.4, 0.5) is 10.1 Å². The van der Waals surface area contributed by atoms with Crippen molar-refractivity contribution in [3.63, 3.8) is 0 Å². The van der Waals surface area contributed by atoms with Crippen molar-refractivity contribution >= 4 is 23.4 Å². The van der Waals surface area contributed by atoms with Gasteiger partial charge in [0.15, 0.2) is 0 Å². The molecule has 1 fully saturated rings. The molecule has 0 aliphatic carbocycles. The second-order valence-electron chi connectivity index (χ2n) is 7.04. The highest BCUT2D eigenvalue weighted by atomic mass is 32.2. The first-order valence-corrected chi connectivity index (χ1v) is 10.8. The molecule has 0 radical (unpaired) electrons. The topological polar surface area (TPSA) is 35.6 Å². The van der Waals surface area contributed by atoms with Crippen molar-refractivity contribution in [2.75, 3.05) is 43.8 Å². The zero-order chi connectivity index (χ0) is 19.8. The summed E-state index contributed by atoms with van der Waals surface area (Å²) >= 11 is 1.86. The highest BCUT2D eigenvalue weighted by molar-refractivity contribution is 7.99. The van der Waals surface area contributed by atoms with Gasteiger partial charge in [0.1, 0.15) is 5.82 Å². The van der Waals surface area contributed by atoms with Gasteiger partial charge in [0.25, 0.3) is 0 Å². The largest absolute Gasteiger partial charge is 0.325 e. The number of carbonyl (C=O) groups is 1. The maximum Gasteiger partial charge on any atom is 0.238 e. The summed E-state index contributed by atoms with van der Waals surface area (Å²) in [6.07, 6.45) is 1.05. The van der Waals surface area contributed by atoms with E-state index in [9.17, 15) is 9.18 Å². The first-order chi connectivity index (χ1) is 13.6. The summed E-state index contributed by atoms with van der Waals surface area (Å²) in [5.41, 5.74) is 1.97. The Hall–Kier alpha value is -1.89. The number of nitrogens with zero attached hydrogens (tertiary/aromatic N) is 2. The number of hydrogen-bond acceptors (Lipinski definition) is 4. The van der Waals surface area contributed by atoms with E-state index in [1.807, 2.05) is 11.8 Å². The van der Waals surface area contributed by atoms with E-state index in [0.717, 1.165) is 44.9 Å². The summed E-state index contributed by atoms with van der Waals surface area (Å²) in [6, 6.07) is 14.7. The molecule has 0 bridgehead atoms. The minimum Gasteiger partial charge on any atom is -0.325 e. The number of halogens is 1. The fraction of sp³-hybridized carbons (Fsp3) is 0.409. The van der Waals surface area contributed by atoms with Crippen LogP contribution in [-0.4, -0.2) is 54.2 Å². The highest BCUT2D eigenvalue weighted by Crippen LogP contribution is 2.19. The summed E-state index contributed by atoms with van der Waals surface area (Å²) in [5.74, 6) is 0.740. The molecule has 28 heavy (non-hydrogen) atoms. The van der Waals surface area contributed by atoms with Crippen LogP contribution in [0.3, 0.4) is 0 Å². The molecule has 4 nitrogen and oxygen atoms in total. The number of benzene rings is 2. The number of carbonyl (C=O) groups excluding carboxylic acids is 1. The molecule has 3 rings (SSSR count). The van der Waals surface area contributed by atoms with Gasteiger partial charge in [-0.25, -0.2) is 4.39 Å². The Morgan fingerprint density at radius 3 is 2.39 bits per heavy atom. The van der Waals surface area contributed by atoms with Crippen LogP contribution in [0.15, 0.2) is 53.4 Å². The van der Waals surface area contributed by atoms with Gasteiger partial charge in [0, 0.05) is 30.2 Å². The third kappa shape index (κ3) is 6.62. The summed E-state index contributed by atoms with van der Waals surface area (Å²) in [6.45, 7) is 7.28. The van der Waals surface area contributed by atoms with Gasteiger partial charge in [-0.1, -0.05) is 19.1 Å². The van der Waals surface area contributed by atoms with Crippen molar-refractivity contribution in [3.8, 4) is 0 Å². The monoisotopic (exact) mass is 401 g/mol. The molecule has 1 saturated heterocycles. The predicted molar refractivity (Wildman–Crippen MR) is 114 cm³/mol. The Morgan fingerprint density at radius 1 is 1.00 bits per heavy atom. The number of anilines is 1. The van der Waals surface area contributed by atoms with E-state index < -0.39 is 0 Å². The van der Waals surface area contributed by atoms with Crippen molar-refractivity contribution in [2.24, 2.45) is 0 Å². The summed E-state index contributed by atoms with van der Waals surface area (Å²) in [7, 11) is 0. The molecule has 0 unspecified atom stereocenters. The molecule has 1 aliphatic rings. The molecular formula is C22H28FN3OS. The van der Waals surface area contributed by atoms with Gasteiger partial charge in [-0.3, -0.25) is 14.6 Å². The van der Waals surface area contributed by atoms with Gasteiger partial charge < -0.3 is 5.32 Å². The summed E-state index contributed by atoms with van der Waals surface area (Å²) < 4.78 is 13.0. The van der Waals surface area contributed by atoms with Gasteiger partial charge in [0.05, 0.1) is 6.54 Å². The number of hydrogen-bond donors (Lipinski definition) is 1. The fourth-order valence-electron chi connectivity index (χ4n) is 3.39. The molecule has 1 aliphatic heterocycles. The molecule has 1 heterocycles. The van der Waals surface area contributed by atoms with E-state index in [4.69, 9.17) is 0 Å². The van der Waals surface area contributed by atoms with E-state index in [-0.39, 0.29) is 11.7 Å². The van der Waals surface area contributed by atoms with Crippen LogP contribution in [0.25, 0.3) is 0 Å². The van der Waals surface area contributed by atoms with E-state index >= 15 is 0 Å². The Labute approximate surface area is 171 Å². The van der Waals surface area contributed by atoms with Gasteiger partial charge in [-0.05, 0) is 67.2 Å². The molecule has 0 spiro atoms. The third-order valence-corrected chi connectivity index (χ3v) is 5.71. The average Bonchev–Trinajstić information content (AvgIpc) is 2.90. The molecular weight excluding hydrogens is 373 g/mol. The summed E-state index contributed by atoms with van der Waals surface area (Å²) in [4.78, 5) is 18.2. The van der Waals surface area contributed by atoms with Crippen molar-refractivity contribution in [3.05, 3.63) is 59.9 Å². The molecule has 6 heteroatoms. The number of thioether (sulfide) groups is 1. The van der Waals surface area contributed by atoms with Crippen molar-refractivity contribution in [2.45, 2.75) is 24.8 Å². The van der Waals surface area contributed by atoms with Gasteiger partial charge in [0.2, 0.25) is 5.91 Å². The molecule has 1 N–H and O–H groups in total. The van der Waals surface area contributed by atoms with Crippen molar-refractivity contribution in [1.82, 2.24) is 9.80 Å². The maximum absolute atomic E-state index is 13.0. The fourth-order valence-corrected chi connectivity index (χ4v) is 4.06. The normalized spacial score (nSPS) is 15.9. The second-order valence-corrected chi connectivity index (χ2v) is 8.38. The lowest BCUT2D eigenvalue weighted by Gasteiger charge is -2.21. The number of nitrogens with one attached hydrogen (secondary N) is 1. The number of rotatable bonds is 7. The molecule has 0 atom stereocenters. The van der Waals surface area contributed by atoms with Gasteiger partial charge in [-0.15, -0.1) is 11.8 Å². The van der Waals surface area contributed by atoms with Gasteiger partial charge in [-0.2, -0.15) is 0 Å². The predicted octanol–water partition coefficient (Wildman–Crippen LogP) is 4.08. The molecule has 150 valence electrons. The molecule has 0 aromatic heterocycles. The minimum atomic E-state index is -0.302. The van der Waals surface area contributed by atoms with Crippen LogP contribution in [-0.2, 0) is 11.3 Å². The first kappa shape index (κ1) is 20.8. The van der Waals surface area contributed by atoms with Crippen LogP contribution in [0.1, 0.15) is 18.9 Å². The van der Waals surface area contributed by atoms with E-state index in [1.54, 1.807) is 12.1 Å². The Morgan fingerprint density at radius 2 is 1.68 bits per heavy atom. The average molecular weight is 402 g/mol. The van der Waals surface area contributed by atoms with E-state index in [2.05, 4.69) is 46.3 Å². The Bertz CT molecular complexity index is 751. The highest BCUT2D eigenvalue weighted by Gasteiger charge is 2.17. The zero-order valence-corrected chi connectivity index (χ0v) is 17.2.